The fraction of sp³-hybridized carbons (Fsp3) is 0.275. The summed E-state index contributed by atoms with van der Waals surface area (Å²) in [5, 5.41) is 30.9. The van der Waals surface area contributed by atoms with Crippen LogP contribution in [0.15, 0.2) is 95.8 Å². The summed E-state index contributed by atoms with van der Waals surface area (Å²) in [5.41, 5.74) is 4.21. The number of amides is 2. The first-order valence-electron chi connectivity index (χ1n) is 17.4. The molecule has 1 aliphatic heterocycles. The van der Waals surface area contributed by atoms with E-state index in [-0.39, 0.29) is 41.8 Å². The smallest absolute Gasteiger partial charge is 0.411 e. The van der Waals surface area contributed by atoms with E-state index in [2.05, 4.69) is 25.8 Å². The van der Waals surface area contributed by atoms with Crippen LogP contribution < -0.4 is 26.2 Å². The number of piperidine rings is 1. The Morgan fingerprint density at radius 3 is 2.49 bits per heavy atom. The average Bonchev–Trinajstić information content (AvgIpc) is 3.16. The van der Waals surface area contributed by atoms with Crippen LogP contribution in [0.4, 0.5) is 16.2 Å². The van der Waals surface area contributed by atoms with Gasteiger partial charge in [-0.05, 0) is 48.2 Å². The van der Waals surface area contributed by atoms with Gasteiger partial charge in [-0.15, -0.1) is 0 Å². The Balaban J connectivity index is 0.944. The molecule has 0 spiro atoms. The predicted octanol–water partition coefficient (Wildman–Crippen LogP) is 6.43. The summed E-state index contributed by atoms with van der Waals surface area (Å²) in [5.74, 6) is 0.234. The number of aromatic amines is 1. The lowest BCUT2D eigenvalue weighted by molar-refractivity contribution is -0.116. The van der Waals surface area contributed by atoms with Crippen molar-refractivity contribution in [3.05, 3.63) is 117 Å². The maximum absolute atomic E-state index is 12.9. The molecule has 6 rings (SSSR count). The number of carbonyl (C=O) groups is 2. The van der Waals surface area contributed by atoms with Gasteiger partial charge >= 0.3 is 6.09 Å². The summed E-state index contributed by atoms with van der Waals surface area (Å²) in [7, 11) is 1.52. The molecule has 0 radical (unpaired) electrons. The highest BCUT2D eigenvalue weighted by Crippen LogP contribution is 2.32. The summed E-state index contributed by atoms with van der Waals surface area (Å²) in [4.78, 5) is 42.2. The number of nitrogens with zero attached hydrogens (tertiary/aromatic N) is 1. The van der Waals surface area contributed by atoms with E-state index in [9.17, 15) is 24.6 Å². The first-order valence-corrected chi connectivity index (χ1v) is 17.8. The first kappa shape index (κ1) is 37.4. The zero-order valence-electron chi connectivity index (χ0n) is 29.2. The monoisotopic (exact) mass is 739 g/mol. The average molecular weight is 740 g/mol. The Labute approximate surface area is 311 Å². The number of hydrogen-bond acceptors (Lipinski definition) is 9. The van der Waals surface area contributed by atoms with Crippen LogP contribution in [0.25, 0.3) is 22.0 Å². The summed E-state index contributed by atoms with van der Waals surface area (Å²) in [6.45, 7) is 2.40. The van der Waals surface area contributed by atoms with Crippen LogP contribution in [-0.2, 0) is 16.1 Å². The summed E-state index contributed by atoms with van der Waals surface area (Å²) in [6.07, 6.45) is -0.0575. The van der Waals surface area contributed by atoms with Crippen LogP contribution in [-0.4, -0.2) is 71.5 Å². The molecular formula is C40H42ClN5O7. The van der Waals surface area contributed by atoms with Gasteiger partial charge in [0, 0.05) is 67.8 Å². The molecule has 5 aromatic rings. The maximum atomic E-state index is 12.9. The van der Waals surface area contributed by atoms with Gasteiger partial charge in [-0.2, -0.15) is 0 Å². The molecular weight excluding hydrogens is 698 g/mol. The third-order valence-electron chi connectivity index (χ3n) is 9.28. The molecule has 0 aliphatic carbocycles. The molecule has 2 amide bonds. The summed E-state index contributed by atoms with van der Waals surface area (Å²) >= 11 is 6.57. The highest BCUT2D eigenvalue weighted by atomic mass is 35.5. The predicted molar refractivity (Wildman–Crippen MR) is 206 cm³/mol. The third-order valence-corrected chi connectivity index (χ3v) is 9.59. The van der Waals surface area contributed by atoms with E-state index in [1.165, 1.54) is 19.2 Å². The Bertz CT molecular complexity index is 2120. The van der Waals surface area contributed by atoms with Gasteiger partial charge in [0.05, 0.1) is 35.1 Å². The van der Waals surface area contributed by atoms with Crippen molar-refractivity contribution in [2.45, 2.75) is 38.0 Å². The van der Waals surface area contributed by atoms with E-state index in [1.54, 1.807) is 24.3 Å². The number of H-pyrrole nitrogens is 1. The van der Waals surface area contributed by atoms with E-state index in [4.69, 9.17) is 21.1 Å². The lowest BCUT2D eigenvalue weighted by Gasteiger charge is -2.31. The van der Waals surface area contributed by atoms with Crippen molar-refractivity contribution in [1.82, 2.24) is 15.2 Å². The molecule has 0 unspecified atom stereocenters. The van der Waals surface area contributed by atoms with Crippen molar-refractivity contribution in [3.8, 4) is 22.6 Å². The molecule has 1 fully saturated rings. The molecule has 4 aromatic carbocycles. The van der Waals surface area contributed by atoms with Crippen LogP contribution in [0.1, 0.15) is 36.5 Å². The molecule has 1 aromatic heterocycles. The number of para-hydroxylation sites is 1. The molecule has 0 saturated carbocycles. The largest absolute Gasteiger partial charge is 0.506 e. The number of phenols is 1. The zero-order chi connectivity index (χ0) is 37.3. The molecule has 53 heavy (non-hydrogen) atoms. The lowest BCUT2D eigenvalue weighted by Crippen LogP contribution is -2.39. The fourth-order valence-corrected chi connectivity index (χ4v) is 6.73. The Morgan fingerprint density at radius 2 is 1.72 bits per heavy atom. The SMILES string of the molecule is COc1cc(NC(=O)CCN2CCC(OC(=O)Nc3ccccc3-c3ccccc3)CC2)c(Cl)cc1CNC[C@@H](O)c1ccc(O)c2[nH]c(=O)ccc12. The van der Waals surface area contributed by atoms with Gasteiger partial charge in [0.1, 0.15) is 17.6 Å². The number of aliphatic hydroxyl groups excluding tert-OH is 1. The van der Waals surface area contributed by atoms with Crippen molar-refractivity contribution < 1.29 is 29.3 Å². The maximum Gasteiger partial charge on any atom is 0.411 e. The summed E-state index contributed by atoms with van der Waals surface area (Å²) in [6, 6.07) is 26.8. The number of carbonyl (C=O) groups excluding carboxylic acids is 2. The second-order valence-corrected chi connectivity index (χ2v) is 13.3. The van der Waals surface area contributed by atoms with Crippen molar-refractivity contribution in [1.29, 1.82) is 0 Å². The quantitative estimate of drug-likeness (QED) is 0.0799. The number of rotatable bonds is 13. The zero-order valence-corrected chi connectivity index (χ0v) is 30.0. The van der Waals surface area contributed by atoms with Crippen LogP contribution in [0.3, 0.4) is 0 Å². The molecule has 1 atom stereocenters. The molecule has 1 aliphatic rings. The first-order chi connectivity index (χ1) is 25.7. The number of halogens is 1. The van der Waals surface area contributed by atoms with Crippen LogP contribution in [0, 0.1) is 0 Å². The molecule has 2 heterocycles. The number of ether oxygens (including phenoxy) is 2. The number of pyridine rings is 1. The minimum absolute atomic E-state index is 0.0800. The lowest BCUT2D eigenvalue weighted by atomic mass is 10.0. The second kappa shape index (κ2) is 17.4. The molecule has 6 N–H and O–H groups in total. The van der Waals surface area contributed by atoms with E-state index in [1.807, 2.05) is 54.6 Å². The fourth-order valence-electron chi connectivity index (χ4n) is 6.50. The van der Waals surface area contributed by atoms with Gasteiger partial charge in [0.25, 0.3) is 0 Å². The van der Waals surface area contributed by atoms with Crippen molar-refractivity contribution >= 4 is 45.9 Å². The highest BCUT2D eigenvalue weighted by Gasteiger charge is 2.24. The van der Waals surface area contributed by atoms with E-state index in [0.717, 1.165) is 16.7 Å². The standard InChI is InChI=1S/C40H42ClN5O7/c1-52-36-22-33(31(41)21-26(36)23-42-24-35(48)29-11-13-34(47)39-30(29)12-14-37(49)45-39)43-38(50)17-20-46-18-15-27(16-19-46)53-40(51)44-32-10-6-5-9-28(32)25-7-3-2-4-8-25/h2-14,21-22,27,35,42,47-48H,15-20,23-24H2,1H3,(H,43,50)(H,44,51)(H,45,49)/t35-/m1/s1. The van der Waals surface area contributed by atoms with Gasteiger partial charge in [-0.1, -0.05) is 66.2 Å². The van der Waals surface area contributed by atoms with Gasteiger partial charge in [0.15, 0.2) is 0 Å². The van der Waals surface area contributed by atoms with Crippen molar-refractivity contribution in [3.63, 3.8) is 0 Å². The number of nitrogens with one attached hydrogen (secondary N) is 4. The van der Waals surface area contributed by atoms with E-state index < -0.39 is 12.2 Å². The van der Waals surface area contributed by atoms with Gasteiger partial charge < -0.3 is 40.2 Å². The van der Waals surface area contributed by atoms with E-state index >= 15 is 0 Å². The number of phenolic OH excluding ortho intramolecular Hbond substituents is 1. The number of aliphatic hydroxyl groups is 1. The van der Waals surface area contributed by atoms with Crippen molar-refractivity contribution in [2.75, 3.05) is 43.9 Å². The molecule has 276 valence electrons. The van der Waals surface area contributed by atoms with Crippen LogP contribution >= 0.6 is 11.6 Å². The number of likely N-dealkylation sites (tertiary alicyclic amines) is 1. The minimum atomic E-state index is -0.935. The Kier molecular flexibility index (Phi) is 12.3. The van der Waals surface area contributed by atoms with Gasteiger partial charge in [-0.25, -0.2) is 4.79 Å². The molecule has 13 heteroatoms. The van der Waals surface area contributed by atoms with Gasteiger partial charge in [-0.3, -0.25) is 14.9 Å². The normalized spacial score (nSPS) is 14.1. The number of anilines is 2. The summed E-state index contributed by atoms with van der Waals surface area (Å²) < 4.78 is 11.3. The number of benzene rings is 4. The highest BCUT2D eigenvalue weighted by molar-refractivity contribution is 6.33. The topological polar surface area (TPSA) is 165 Å². The number of methoxy groups -OCH3 is 1. The van der Waals surface area contributed by atoms with Crippen molar-refractivity contribution in [2.24, 2.45) is 0 Å². The number of aromatic nitrogens is 1. The molecule has 0 bridgehead atoms. The minimum Gasteiger partial charge on any atom is -0.506 e. The van der Waals surface area contributed by atoms with Crippen LogP contribution in [0.5, 0.6) is 11.5 Å². The Hall–Kier alpha value is -5.40. The van der Waals surface area contributed by atoms with Gasteiger partial charge in [0.2, 0.25) is 11.5 Å². The third kappa shape index (κ3) is 9.53. The number of hydrogen-bond donors (Lipinski definition) is 6. The van der Waals surface area contributed by atoms with Crippen LogP contribution in [0.2, 0.25) is 5.02 Å². The number of fused-ring (bicyclic) bond motifs is 1. The number of aromatic hydroxyl groups is 1. The second-order valence-electron chi connectivity index (χ2n) is 12.9. The molecule has 12 nitrogen and oxygen atoms in total. The Morgan fingerprint density at radius 1 is 0.962 bits per heavy atom. The van der Waals surface area contributed by atoms with E-state index in [0.29, 0.717) is 72.1 Å². The molecule has 1 saturated heterocycles.